The van der Waals surface area contributed by atoms with E-state index in [-0.39, 0.29) is 6.04 Å². The predicted molar refractivity (Wildman–Crippen MR) is 77.9 cm³/mol. The van der Waals surface area contributed by atoms with Crippen molar-refractivity contribution in [2.45, 2.75) is 64.6 Å². The molecule has 1 nitrogen and oxygen atoms in total. The van der Waals surface area contributed by atoms with Gasteiger partial charge in [0.1, 0.15) is 0 Å². The molecule has 0 saturated heterocycles. The molecule has 4 heteroatoms. The first-order valence-corrected chi connectivity index (χ1v) is 7.37. The van der Waals surface area contributed by atoms with Gasteiger partial charge >= 0.3 is 6.18 Å². The number of unbranched alkanes of at least 4 members (excludes halogenated alkanes) is 4. The lowest BCUT2D eigenvalue weighted by molar-refractivity contribution is -0.137. The van der Waals surface area contributed by atoms with Gasteiger partial charge in [0.25, 0.3) is 0 Å². The van der Waals surface area contributed by atoms with Crippen molar-refractivity contribution in [2.24, 2.45) is 0 Å². The third-order valence-electron chi connectivity index (χ3n) is 3.34. The molecule has 1 aromatic rings. The Morgan fingerprint density at radius 3 is 2.45 bits per heavy atom. The van der Waals surface area contributed by atoms with E-state index in [1.54, 1.807) is 6.07 Å². The zero-order valence-electron chi connectivity index (χ0n) is 12.3. The number of anilines is 1. The van der Waals surface area contributed by atoms with E-state index in [2.05, 4.69) is 12.2 Å². The zero-order chi connectivity index (χ0) is 15.0. The summed E-state index contributed by atoms with van der Waals surface area (Å²) in [5.41, 5.74) is -0.0569. The summed E-state index contributed by atoms with van der Waals surface area (Å²) in [5.74, 6) is 0. The van der Waals surface area contributed by atoms with Crippen LogP contribution in [0, 0.1) is 0 Å². The van der Waals surface area contributed by atoms with Crippen molar-refractivity contribution in [3.63, 3.8) is 0 Å². The molecule has 0 saturated carbocycles. The number of rotatable bonds is 8. The molecule has 20 heavy (non-hydrogen) atoms. The van der Waals surface area contributed by atoms with E-state index in [1.165, 1.54) is 37.8 Å². The highest BCUT2D eigenvalue weighted by Crippen LogP contribution is 2.30. The van der Waals surface area contributed by atoms with Gasteiger partial charge in [0.05, 0.1) is 5.56 Å². The second-order valence-electron chi connectivity index (χ2n) is 5.33. The fraction of sp³-hybridized carbons (Fsp3) is 0.625. The van der Waals surface area contributed by atoms with Crippen LogP contribution < -0.4 is 5.32 Å². The van der Waals surface area contributed by atoms with Crippen molar-refractivity contribution >= 4 is 5.69 Å². The average Bonchev–Trinajstić information content (AvgIpc) is 2.38. The lowest BCUT2D eigenvalue weighted by atomic mass is 10.1. The van der Waals surface area contributed by atoms with Gasteiger partial charge in [-0.3, -0.25) is 0 Å². The summed E-state index contributed by atoms with van der Waals surface area (Å²) >= 11 is 0. The third kappa shape index (κ3) is 6.31. The third-order valence-corrected chi connectivity index (χ3v) is 3.34. The average molecular weight is 287 g/mol. The molecule has 1 N–H and O–H groups in total. The summed E-state index contributed by atoms with van der Waals surface area (Å²) in [6.45, 7) is 4.19. The van der Waals surface area contributed by atoms with Gasteiger partial charge in [0.2, 0.25) is 0 Å². The Kier molecular flexibility index (Phi) is 6.89. The van der Waals surface area contributed by atoms with Crippen LogP contribution in [0.5, 0.6) is 0 Å². The van der Waals surface area contributed by atoms with Crippen LogP contribution in [0.4, 0.5) is 18.9 Å². The maximum Gasteiger partial charge on any atom is 0.416 e. The van der Waals surface area contributed by atoms with Crippen LogP contribution in [-0.2, 0) is 6.18 Å². The monoisotopic (exact) mass is 287 g/mol. The molecule has 1 rings (SSSR count). The number of halogens is 3. The molecule has 0 bridgehead atoms. The Labute approximate surface area is 119 Å². The Balaban J connectivity index is 2.40. The molecule has 1 atom stereocenters. The van der Waals surface area contributed by atoms with Crippen molar-refractivity contribution in [1.82, 2.24) is 0 Å². The van der Waals surface area contributed by atoms with E-state index in [4.69, 9.17) is 0 Å². The minimum atomic E-state index is -4.28. The fourth-order valence-electron chi connectivity index (χ4n) is 2.20. The highest BCUT2D eigenvalue weighted by Gasteiger charge is 2.30. The molecule has 0 amide bonds. The maximum absolute atomic E-state index is 12.6. The first-order valence-electron chi connectivity index (χ1n) is 7.37. The normalized spacial score (nSPS) is 13.2. The number of benzene rings is 1. The standard InChI is InChI=1S/C16H24F3N/c1-3-4-5-6-7-9-13(2)20-15-11-8-10-14(12-15)16(17,18)19/h8,10-13,20H,3-7,9H2,1-2H3. The van der Waals surface area contributed by atoms with Crippen LogP contribution in [0.1, 0.15) is 57.9 Å². The number of alkyl halides is 3. The SMILES string of the molecule is CCCCCCCC(C)Nc1cccc(C(F)(F)F)c1. The summed E-state index contributed by atoms with van der Waals surface area (Å²) in [4.78, 5) is 0. The van der Waals surface area contributed by atoms with Gasteiger partial charge in [0, 0.05) is 11.7 Å². The van der Waals surface area contributed by atoms with Crippen LogP contribution in [0.25, 0.3) is 0 Å². The van der Waals surface area contributed by atoms with Crippen molar-refractivity contribution in [1.29, 1.82) is 0 Å². The second-order valence-corrected chi connectivity index (χ2v) is 5.33. The van der Waals surface area contributed by atoms with E-state index >= 15 is 0 Å². The smallest absolute Gasteiger partial charge is 0.383 e. The van der Waals surface area contributed by atoms with Gasteiger partial charge in [-0.15, -0.1) is 0 Å². The molecular weight excluding hydrogens is 263 g/mol. The van der Waals surface area contributed by atoms with E-state index in [0.717, 1.165) is 18.9 Å². The highest BCUT2D eigenvalue weighted by molar-refractivity contribution is 5.47. The van der Waals surface area contributed by atoms with Crippen molar-refractivity contribution in [3.8, 4) is 0 Å². The quantitative estimate of drug-likeness (QED) is 0.590. The number of nitrogens with one attached hydrogen (secondary N) is 1. The van der Waals surface area contributed by atoms with E-state index in [0.29, 0.717) is 5.69 Å². The van der Waals surface area contributed by atoms with Crippen LogP contribution in [-0.4, -0.2) is 6.04 Å². The largest absolute Gasteiger partial charge is 0.416 e. The number of hydrogen-bond acceptors (Lipinski definition) is 1. The molecule has 0 aliphatic heterocycles. The Morgan fingerprint density at radius 2 is 1.80 bits per heavy atom. The first-order chi connectivity index (χ1) is 9.43. The molecule has 0 aromatic heterocycles. The highest BCUT2D eigenvalue weighted by atomic mass is 19.4. The molecule has 0 aliphatic carbocycles. The minimum Gasteiger partial charge on any atom is -0.383 e. The molecule has 0 heterocycles. The zero-order valence-corrected chi connectivity index (χ0v) is 12.3. The predicted octanol–water partition coefficient (Wildman–Crippen LogP) is 5.87. The van der Waals surface area contributed by atoms with E-state index < -0.39 is 11.7 Å². The molecule has 0 radical (unpaired) electrons. The van der Waals surface area contributed by atoms with E-state index in [9.17, 15) is 13.2 Å². The van der Waals surface area contributed by atoms with Gasteiger partial charge in [-0.05, 0) is 31.5 Å². The van der Waals surface area contributed by atoms with E-state index in [1.807, 2.05) is 6.92 Å². The Hall–Kier alpha value is -1.19. The van der Waals surface area contributed by atoms with Crippen LogP contribution in [0.3, 0.4) is 0 Å². The second kappa shape index (κ2) is 8.18. The summed E-state index contributed by atoms with van der Waals surface area (Å²) in [7, 11) is 0. The van der Waals surface area contributed by atoms with Gasteiger partial charge < -0.3 is 5.32 Å². The van der Waals surface area contributed by atoms with Crippen molar-refractivity contribution in [3.05, 3.63) is 29.8 Å². The molecule has 1 aromatic carbocycles. The molecule has 0 fully saturated rings. The van der Waals surface area contributed by atoms with Gasteiger partial charge in [-0.1, -0.05) is 45.1 Å². The minimum absolute atomic E-state index is 0.195. The lowest BCUT2D eigenvalue weighted by Crippen LogP contribution is -2.15. The maximum atomic E-state index is 12.6. The lowest BCUT2D eigenvalue weighted by Gasteiger charge is -2.16. The van der Waals surface area contributed by atoms with Crippen molar-refractivity contribution in [2.75, 3.05) is 5.32 Å². The van der Waals surface area contributed by atoms with Gasteiger partial charge in [-0.2, -0.15) is 13.2 Å². The van der Waals surface area contributed by atoms with Crippen LogP contribution in [0.2, 0.25) is 0 Å². The molecular formula is C16H24F3N. The Morgan fingerprint density at radius 1 is 1.10 bits per heavy atom. The summed E-state index contributed by atoms with van der Waals surface area (Å²) in [6.07, 6.45) is 2.75. The molecule has 1 unspecified atom stereocenters. The Bertz CT molecular complexity index is 388. The molecule has 0 spiro atoms. The fourth-order valence-corrected chi connectivity index (χ4v) is 2.20. The summed E-state index contributed by atoms with van der Waals surface area (Å²) < 4.78 is 37.8. The van der Waals surface area contributed by atoms with Crippen LogP contribution in [0.15, 0.2) is 24.3 Å². The molecule has 114 valence electrons. The van der Waals surface area contributed by atoms with Gasteiger partial charge in [-0.25, -0.2) is 0 Å². The number of hydrogen-bond donors (Lipinski definition) is 1. The van der Waals surface area contributed by atoms with Crippen LogP contribution >= 0.6 is 0 Å². The molecule has 0 aliphatic rings. The van der Waals surface area contributed by atoms with Crippen molar-refractivity contribution < 1.29 is 13.2 Å². The summed E-state index contributed by atoms with van der Waals surface area (Å²) in [5, 5.41) is 3.15. The topological polar surface area (TPSA) is 12.0 Å². The van der Waals surface area contributed by atoms with Gasteiger partial charge in [0.15, 0.2) is 0 Å². The summed E-state index contributed by atoms with van der Waals surface area (Å²) in [6, 6.07) is 5.59. The first kappa shape index (κ1) is 16.9.